The van der Waals surface area contributed by atoms with Gasteiger partial charge in [-0.15, -0.1) is 0 Å². The van der Waals surface area contributed by atoms with Gasteiger partial charge in [0, 0.05) is 23.4 Å². The van der Waals surface area contributed by atoms with Crippen molar-refractivity contribution in [2.24, 2.45) is 0 Å². The van der Waals surface area contributed by atoms with Gasteiger partial charge in [-0.2, -0.15) is 0 Å². The summed E-state index contributed by atoms with van der Waals surface area (Å²) in [5.74, 6) is 0. The molecule has 0 bridgehead atoms. The predicted molar refractivity (Wildman–Crippen MR) is 127 cm³/mol. The van der Waals surface area contributed by atoms with Crippen molar-refractivity contribution >= 4 is 0 Å². The van der Waals surface area contributed by atoms with Crippen molar-refractivity contribution in [3.8, 4) is 22.6 Å². The Bertz CT molecular complexity index is 1020. The van der Waals surface area contributed by atoms with Gasteiger partial charge in [-0.1, -0.05) is 74.4 Å². The van der Waals surface area contributed by atoms with Crippen molar-refractivity contribution in [2.45, 2.75) is 78.6 Å². The zero-order chi connectivity index (χ0) is 22.3. The van der Waals surface area contributed by atoms with Gasteiger partial charge in [0.25, 0.3) is 0 Å². The van der Waals surface area contributed by atoms with Gasteiger partial charge in [-0.05, 0) is 46.2 Å². The minimum absolute atomic E-state index is 0.0651. The van der Waals surface area contributed by atoms with E-state index < -0.39 is 0 Å². The molecule has 0 spiro atoms. The normalized spacial score (nSPS) is 12.8. The zero-order valence-electron chi connectivity index (χ0n) is 20.0. The number of aromatic nitrogens is 3. The number of hydrogen-bond acceptors (Lipinski definition) is 3. The minimum Gasteiger partial charge on any atom is -0.256 e. The van der Waals surface area contributed by atoms with Crippen LogP contribution in [0.25, 0.3) is 22.6 Å². The molecule has 0 aliphatic rings. The van der Waals surface area contributed by atoms with E-state index in [9.17, 15) is 0 Å². The van der Waals surface area contributed by atoms with E-state index in [1.54, 1.807) is 0 Å². The first-order valence-corrected chi connectivity index (χ1v) is 10.7. The van der Waals surface area contributed by atoms with Gasteiger partial charge in [0.15, 0.2) is 0 Å². The Labute approximate surface area is 182 Å². The highest BCUT2D eigenvalue weighted by molar-refractivity contribution is 5.83. The maximum absolute atomic E-state index is 5.33. The van der Waals surface area contributed by atoms with E-state index >= 15 is 0 Å². The summed E-state index contributed by atoms with van der Waals surface area (Å²) in [5.41, 5.74) is 7.35. The minimum atomic E-state index is -0.102. The predicted octanol–water partition coefficient (Wildman–Crippen LogP) is 7.10. The van der Waals surface area contributed by atoms with Crippen molar-refractivity contribution < 1.29 is 0 Å². The van der Waals surface area contributed by atoms with E-state index in [-0.39, 0.29) is 16.2 Å². The van der Waals surface area contributed by atoms with Crippen LogP contribution in [0.5, 0.6) is 0 Å². The molecule has 0 fully saturated rings. The maximum atomic E-state index is 5.33. The molecule has 3 heterocycles. The molecule has 0 saturated heterocycles. The molecule has 158 valence electrons. The third-order valence-corrected chi connectivity index (χ3v) is 5.24. The number of nitrogens with zero attached hydrogens (tertiary/aromatic N) is 3. The Balaban J connectivity index is 2.62. The second-order valence-corrected chi connectivity index (χ2v) is 11.1. The van der Waals surface area contributed by atoms with Gasteiger partial charge in [0.05, 0.1) is 22.8 Å². The molecule has 0 aliphatic heterocycles. The van der Waals surface area contributed by atoms with Gasteiger partial charge >= 0.3 is 0 Å². The van der Waals surface area contributed by atoms with E-state index in [0.29, 0.717) is 0 Å². The van der Waals surface area contributed by atoms with Crippen molar-refractivity contribution in [3.63, 3.8) is 0 Å². The number of rotatable bonds is 2. The molecule has 0 unspecified atom stereocenters. The van der Waals surface area contributed by atoms with Crippen LogP contribution in [0.3, 0.4) is 0 Å². The van der Waals surface area contributed by atoms with E-state index in [4.69, 9.17) is 9.97 Å². The SMILES string of the molecule is CC(C)(C)c1nc(-c2ccccn2)c(-c2ccccn2)c(C(C)(C)C)c1C(C)(C)C. The Morgan fingerprint density at radius 2 is 1.07 bits per heavy atom. The molecule has 3 heteroatoms. The van der Waals surface area contributed by atoms with E-state index in [1.165, 1.54) is 11.1 Å². The lowest BCUT2D eigenvalue weighted by Crippen LogP contribution is -2.30. The molecule has 30 heavy (non-hydrogen) atoms. The lowest BCUT2D eigenvalue weighted by atomic mass is 9.68. The number of hydrogen-bond donors (Lipinski definition) is 0. The quantitative estimate of drug-likeness (QED) is 0.460. The fourth-order valence-corrected chi connectivity index (χ4v) is 4.06. The lowest BCUT2D eigenvalue weighted by molar-refractivity contribution is 0.487. The van der Waals surface area contributed by atoms with Crippen LogP contribution in [0.15, 0.2) is 48.8 Å². The molecule has 0 radical (unpaired) electrons. The fourth-order valence-electron chi connectivity index (χ4n) is 4.06. The Morgan fingerprint density at radius 1 is 0.567 bits per heavy atom. The monoisotopic (exact) mass is 401 g/mol. The molecule has 0 aromatic carbocycles. The van der Waals surface area contributed by atoms with Crippen molar-refractivity contribution in [1.29, 1.82) is 0 Å². The first-order chi connectivity index (χ1) is 13.8. The maximum Gasteiger partial charge on any atom is 0.0986 e. The number of pyridine rings is 3. The van der Waals surface area contributed by atoms with Crippen LogP contribution >= 0.6 is 0 Å². The van der Waals surface area contributed by atoms with Gasteiger partial charge in [-0.25, -0.2) is 4.98 Å². The van der Waals surface area contributed by atoms with E-state index in [0.717, 1.165) is 28.3 Å². The third kappa shape index (κ3) is 4.30. The van der Waals surface area contributed by atoms with Crippen molar-refractivity contribution in [2.75, 3.05) is 0 Å². The average molecular weight is 402 g/mol. The smallest absolute Gasteiger partial charge is 0.0986 e. The summed E-state index contributed by atoms with van der Waals surface area (Å²) in [6.07, 6.45) is 3.70. The molecule has 3 aromatic heterocycles. The van der Waals surface area contributed by atoms with Crippen molar-refractivity contribution in [3.05, 3.63) is 65.6 Å². The summed E-state index contributed by atoms with van der Waals surface area (Å²) in [6.45, 7) is 20.5. The molecule has 0 atom stereocenters. The standard InChI is InChI=1S/C27H35N3/c1-25(2,3)21-20(18-14-10-12-16-28-18)23(19-15-11-13-17-29-19)30-24(27(7,8)9)22(21)26(4,5)6/h10-17H,1-9H3. The van der Waals surface area contributed by atoms with Gasteiger partial charge in [-0.3, -0.25) is 9.97 Å². The van der Waals surface area contributed by atoms with Crippen LogP contribution < -0.4 is 0 Å². The zero-order valence-corrected chi connectivity index (χ0v) is 20.0. The summed E-state index contributed by atoms with van der Waals surface area (Å²) < 4.78 is 0. The molecule has 3 nitrogen and oxygen atoms in total. The largest absolute Gasteiger partial charge is 0.256 e. The van der Waals surface area contributed by atoms with E-state index in [2.05, 4.69) is 73.4 Å². The summed E-state index contributed by atoms with van der Waals surface area (Å²) in [6, 6.07) is 12.1. The fraction of sp³-hybridized carbons (Fsp3) is 0.444. The highest BCUT2D eigenvalue weighted by Crippen LogP contribution is 2.47. The lowest BCUT2D eigenvalue weighted by Gasteiger charge is -2.38. The van der Waals surface area contributed by atoms with Crippen LogP contribution in [0.1, 0.15) is 79.1 Å². The van der Waals surface area contributed by atoms with Gasteiger partial charge < -0.3 is 0 Å². The molecule has 0 N–H and O–H groups in total. The molecular formula is C27H35N3. The Kier molecular flexibility index (Phi) is 5.62. The molecule has 0 saturated carbocycles. The first kappa shape index (κ1) is 22.1. The summed E-state index contributed by atoms with van der Waals surface area (Å²) in [4.78, 5) is 14.8. The molecule has 3 aromatic rings. The summed E-state index contributed by atoms with van der Waals surface area (Å²) in [5, 5.41) is 0. The molecule has 0 amide bonds. The third-order valence-electron chi connectivity index (χ3n) is 5.24. The summed E-state index contributed by atoms with van der Waals surface area (Å²) >= 11 is 0. The Morgan fingerprint density at radius 3 is 1.47 bits per heavy atom. The van der Waals surface area contributed by atoms with Gasteiger partial charge in [0.2, 0.25) is 0 Å². The molecule has 3 rings (SSSR count). The van der Waals surface area contributed by atoms with Crippen LogP contribution in [-0.4, -0.2) is 15.0 Å². The highest BCUT2D eigenvalue weighted by Gasteiger charge is 2.37. The summed E-state index contributed by atoms with van der Waals surface area (Å²) in [7, 11) is 0. The van der Waals surface area contributed by atoms with Crippen LogP contribution in [0, 0.1) is 0 Å². The van der Waals surface area contributed by atoms with Gasteiger partial charge in [0.1, 0.15) is 0 Å². The topological polar surface area (TPSA) is 38.7 Å². The second-order valence-electron chi connectivity index (χ2n) is 11.1. The second kappa shape index (κ2) is 7.61. The molecular weight excluding hydrogens is 366 g/mol. The molecule has 0 aliphatic carbocycles. The Hall–Kier alpha value is -2.55. The highest BCUT2D eigenvalue weighted by atomic mass is 14.8. The van der Waals surface area contributed by atoms with Crippen molar-refractivity contribution in [1.82, 2.24) is 15.0 Å². The first-order valence-electron chi connectivity index (χ1n) is 10.7. The van der Waals surface area contributed by atoms with E-state index in [1.807, 2.05) is 42.7 Å². The average Bonchev–Trinajstić information content (AvgIpc) is 2.65. The van der Waals surface area contributed by atoms with Crippen LogP contribution in [0.4, 0.5) is 0 Å². The van der Waals surface area contributed by atoms with Crippen LogP contribution in [-0.2, 0) is 16.2 Å². The van der Waals surface area contributed by atoms with Crippen LogP contribution in [0.2, 0.25) is 0 Å².